The van der Waals surface area contributed by atoms with E-state index < -0.39 is 5.60 Å². The van der Waals surface area contributed by atoms with Crippen LogP contribution in [0.15, 0.2) is 11.6 Å². The van der Waals surface area contributed by atoms with Gasteiger partial charge in [0.25, 0.3) is 0 Å². The maximum atomic E-state index is 11.3. The summed E-state index contributed by atoms with van der Waals surface area (Å²) < 4.78 is 0. The molecule has 32 heavy (non-hydrogen) atoms. The first-order chi connectivity index (χ1) is 15.0. The minimum absolute atomic E-state index is 0.0511. The van der Waals surface area contributed by atoms with Crippen LogP contribution in [0.4, 0.5) is 0 Å². The van der Waals surface area contributed by atoms with Crippen LogP contribution in [0.3, 0.4) is 0 Å². The molecule has 4 heteroatoms. The van der Waals surface area contributed by atoms with Crippen molar-refractivity contribution in [3.63, 3.8) is 0 Å². The summed E-state index contributed by atoms with van der Waals surface area (Å²) in [5, 5.41) is 42.1. The molecule has 0 bridgehead atoms. The molecule has 184 valence electrons. The molecule has 4 rings (SSSR count). The second-order valence-corrected chi connectivity index (χ2v) is 12.9. The third-order valence-electron chi connectivity index (χ3n) is 11.2. The number of fused-ring (bicyclic) bond motifs is 5. The Balaban J connectivity index is 1.52. The average molecular weight is 449 g/mol. The van der Waals surface area contributed by atoms with Crippen LogP contribution in [-0.2, 0) is 0 Å². The SMILES string of the molecule is CC(C)C(O)(CO)CC[C@@H](C)[C@H]1CC[C@H]2[C@@H]3[C@H](O)C=C4C[C@@H](O)CC[C@]4(C)[C@H]3CC[C@]12C. The van der Waals surface area contributed by atoms with Crippen LogP contribution in [-0.4, -0.2) is 44.8 Å². The van der Waals surface area contributed by atoms with Gasteiger partial charge in [-0.05, 0) is 104 Å². The lowest BCUT2D eigenvalue weighted by atomic mass is 9.46. The first kappa shape index (κ1) is 24.7. The molecular formula is C28H48O4. The molecule has 0 spiro atoms. The Morgan fingerprint density at radius 3 is 2.41 bits per heavy atom. The lowest BCUT2D eigenvalue weighted by Crippen LogP contribution is -2.55. The van der Waals surface area contributed by atoms with Gasteiger partial charge in [-0.25, -0.2) is 0 Å². The zero-order chi connectivity index (χ0) is 23.5. The topological polar surface area (TPSA) is 80.9 Å². The molecular weight excluding hydrogens is 400 g/mol. The fraction of sp³-hybridized carbons (Fsp3) is 0.929. The van der Waals surface area contributed by atoms with Gasteiger partial charge in [0, 0.05) is 0 Å². The number of aliphatic hydroxyl groups is 4. The van der Waals surface area contributed by atoms with Gasteiger partial charge in [0.15, 0.2) is 0 Å². The van der Waals surface area contributed by atoms with E-state index in [1.165, 1.54) is 31.3 Å². The molecule has 0 aromatic rings. The molecule has 0 radical (unpaired) electrons. The standard InChI is InChI=1S/C28H48O4/c1-17(2)28(32,16-29)13-8-18(3)21-6-7-22-25-23(10-12-27(21,22)5)26(4)11-9-20(30)14-19(26)15-24(25)31/h15,17-18,20-25,29-32H,6-14,16H2,1-5H3/t18-,20+,21-,22+,23+,24-,25+,26+,27-,28?/m1/s1. The molecule has 3 fully saturated rings. The first-order valence-corrected chi connectivity index (χ1v) is 13.4. The Bertz CT molecular complexity index is 718. The molecule has 4 aliphatic carbocycles. The Kier molecular flexibility index (Phi) is 6.68. The number of rotatable bonds is 6. The average Bonchev–Trinajstić information content (AvgIpc) is 3.10. The van der Waals surface area contributed by atoms with Gasteiger partial charge in [-0.15, -0.1) is 0 Å². The van der Waals surface area contributed by atoms with Crippen LogP contribution >= 0.6 is 0 Å². The molecule has 4 N–H and O–H groups in total. The van der Waals surface area contributed by atoms with Crippen molar-refractivity contribution in [2.45, 2.75) is 110 Å². The molecule has 0 aromatic carbocycles. The minimum Gasteiger partial charge on any atom is -0.393 e. The lowest BCUT2D eigenvalue weighted by Gasteiger charge is -2.59. The molecule has 0 aliphatic heterocycles. The third kappa shape index (κ3) is 3.82. The smallest absolute Gasteiger partial charge is 0.0900 e. The van der Waals surface area contributed by atoms with Crippen molar-refractivity contribution in [3.8, 4) is 0 Å². The Labute approximate surface area is 195 Å². The summed E-state index contributed by atoms with van der Waals surface area (Å²) in [4.78, 5) is 0. The van der Waals surface area contributed by atoms with E-state index in [0.717, 1.165) is 25.7 Å². The van der Waals surface area contributed by atoms with Gasteiger partial charge in [0.2, 0.25) is 0 Å². The van der Waals surface area contributed by atoms with Crippen molar-refractivity contribution in [1.82, 2.24) is 0 Å². The zero-order valence-electron chi connectivity index (χ0n) is 21.1. The quantitative estimate of drug-likeness (QED) is 0.444. The van der Waals surface area contributed by atoms with Crippen molar-refractivity contribution in [2.24, 2.45) is 46.3 Å². The van der Waals surface area contributed by atoms with Gasteiger partial charge < -0.3 is 20.4 Å². The van der Waals surface area contributed by atoms with Crippen LogP contribution in [0.1, 0.15) is 92.4 Å². The molecule has 0 saturated heterocycles. The van der Waals surface area contributed by atoms with Crippen LogP contribution in [0.5, 0.6) is 0 Å². The Morgan fingerprint density at radius 1 is 1.03 bits per heavy atom. The van der Waals surface area contributed by atoms with Crippen molar-refractivity contribution in [2.75, 3.05) is 6.61 Å². The van der Waals surface area contributed by atoms with E-state index in [2.05, 4.69) is 26.8 Å². The summed E-state index contributed by atoms with van der Waals surface area (Å²) in [6.07, 6.45) is 10.6. The highest BCUT2D eigenvalue weighted by Gasteiger charge is 2.61. The monoisotopic (exact) mass is 448 g/mol. The number of hydrogen-bond acceptors (Lipinski definition) is 4. The molecule has 0 aromatic heterocycles. The van der Waals surface area contributed by atoms with Gasteiger partial charge in [0.1, 0.15) is 0 Å². The highest BCUT2D eigenvalue weighted by Crippen LogP contribution is 2.67. The van der Waals surface area contributed by atoms with Crippen molar-refractivity contribution >= 4 is 0 Å². The maximum absolute atomic E-state index is 11.3. The highest BCUT2D eigenvalue weighted by molar-refractivity contribution is 5.27. The predicted octanol–water partition coefficient (Wildman–Crippen LogP) is 4.69. The number of hydrogen-bond donors (Lipinski definition) is 4. The van der Waals surface area contributed by atoms with E-state index in [-0.39, 0.29) is 35.6 Å². The van der Waals surface area contributed by atoms with Gasteiger partial charge in [-0.1, -0.05) is 46.3 Å². The van der Waals surface area contributed by atoms with E-state index in [1.54, 1.807) is 0 Å². The van der Waals surface area contributed by atoms with Crippen LogP contribution in [0.25, 0.3) is 0 Å². The summed E-state index contributed by atoms with van der Waals surface area (Å²) in [6.45, 7) is 11.1. The maximum Gasteiger partial charge on any atom is 0.0900 e. The molecule has 0 amide bonds. The second-order valence-electron chi connectivity index (χ2n) is 12.9. The second kappa shape index (κ2) is 8.66. The fourth-order valence-corrected chi connectivity index (χ4v) is 8.83. The molecule has 4 nitrogen and oxygen atoms in total. The van der Waals surface area contributed by atoms with E-state index in [9.17, 15) is 20.4 Å². The molecule has 4 aliphatic rings. The third-order valence-corrected chi connectivity index (χ3v) is 11.2. The van der Waals surface area contributed by atoms with Gasteiger partial charge >= 0.3 is 0 Å². The Morgan fingerprint density at radius 2 is 1.75 bits per heavy atom. The van der Waals surface area contributed by atoms with Crippen molar-refractivity contribution in [1.29, 1.82) is 0 Å². The van der Waals surface area contributed by atoms with Crippen LogP contribution in [0, 0.1) is 46.3 Å². The van der Waals surface area contributed by atoms with E-state index in [1.807, 2.05) is 13.8 Å². The largest absolute Gasteiger partial charge is 0.393 e. The summed E-state index contributed by atoms with van der Waals surface area (Å²) >= 11 is 0. The van der Waals surface area contributed by atoms with Gasteiger partial charge in [-0.2, -0.15) is 0 Å². The Hall–Kier alpha value is -0.420. The van der Waals surface area contributed by atoms with Crippen LogP contribution in [0.2, 0.25) is 0 Å². The molecule has 3 saturated carbocycles. The summed E-state index contributed by atoms with van der Waals surface area (Å²) in [5.41, 5.74) is 0.718. The molecule has 0 heterocycles. The summed E-state index contributed by atoms with van der Waals surface area (Å²) in [6, 6.07) is 0. The number of aliphatic hydroxyl groups excluding tert-OH is 3. The summed E-state index contributed by atoms with van der Waals surface area (Å²) in [5.74, 6) is 2.58. The van der Waals surface area contributed by atoms with Gasteiger partial charge in [-0.3, -0.25) is 0 Å². The minimum atomic E-state index is -0.980. The highest BCUT2D eigenvalue weighted by atomic mass is 16.3. The lowest BCUT2D eigenvalue weighted by molar-refractivity contribution is -0.0995. The fourth-order valence-electron chi connectivity index (χ4n) is 8.83. The normalized spacial score (nSPS) is 46.6. The first-order valence-electron chi connectivity index (χ1n) is 13.4. The zero-order valence-corrected chi connectivity index (χ0v) is 21.1. The van der Waals surface area contributed by atoms with Crippen molar-refractivity contribution in [3.05, 3.63) is 11.6 Å². The predicted molar refractivity (Wildman–Crippen MR) is 128 cm³/mol. The van der Waals surface area contributed by atoms with E-state index >= 15 is 0 Å². The summed E-state index contributed by atoms with van der Waals surface area (Å²) in [7, 11) is 0. The molecule has 10 atom stereocenters. The van der Waals surface area contributed by atoms with Gasteiger partial charge in [0.05, 0.1) is 24.4 Å². The van der Waals surface area contributed by atoms with E-state index in [4.69, 9.17) is 0 Å². The molecule has 1 unspecified atom stereocenters. The van der Waals surface area contributed by atoms with Crippen LogP contribution < -0.4 is 0 Å². The van der Waals surface area contributed by atoms with E-state index in [0.29, 0.717) is 36.0 Å². The van der Waals surface area contributed by atoms with Crippen molar-refractivity contribution < 1.29 is 20.4 Å².